The van der Waals surface area contributed by atoms with Crippen LogP contribution in [0.4, 0.5) is 0 Å². The first-order valence-corrected chi connectivity index (χ1v) is 14.0. The Balaban J connectivity index is 0.000000138. The number of rotatable bonds is 2. The van der Waals surface area contributed by atoms with Crippen LogP contribution < -0.4 is 10.2 Å². The number of hydrogen-bond donors (Lipinski definition) is 0. The van der Waals surface area contributed by atoms with Gasteiger partial charge in [-0.15, -0.1) is 0 Å². The Bertz CT molecular complexity index is 1400. The molecular weight excluding hydrogens is 663 g/mol. The summed E-state index contributed by atoms with van der Waals surface area (Å²) >= 11 is 0. The summed E-state index contributed by atoms with van der Waals surface area (Å²) in [6.45, 7) is 14.2. The molecule has 0 radical (unpaired) electrons. The van der Waals surface area contributed by atoms with E-state index in [0.29, 0.717) is 11.8 Å². The van der Waals surface area contributed by atoms with Crippen molar-refractivity contribution >= 4 is 0 Å². The third-order valence-corrected chi connectivity index (χ3v) is 11.5. The average molecular weight is 700 g/mol. The van der Waals surface area contributed by atoms with E-state index in [2.05, 4.69) is 71.9 Å². The maximum Gasteiger partial charge on any atom is 2.00 e. The monoisotopic (exact) mass is 699 g/mol. The second-order valence-corrected chi connectivity index (χ2v) is 13.3. The molecule has 4 bridgehead atoms. The molecule has 0 aromatic carbocycles. The molecule has 8 rings (SSSR count). The second-order valence-electron chi connectivity index (χ2n) is 13.3. The van der Waals surface area contributed by atoms with Gasteiger partial charge in [0.05, 0.1) is 0 Å². The van der Waals surface area contributed by atoms with Crippen molar-refractivity contribution in [3.8, 4) is 22.8 Å². The third-order valence-electron chi connectivity index (χ3n) is 11.5. The summed E-state index contributed by atoms with van der Waals surface area (Å²) in [5, 5.41) is 18.0. The molecule has 0 saturated heterocycles. The van der Waals surface area contributed by atoms with Crippen LogP contribution in [0.3, 0.4) is 0 Å². The first-order chi connectivity index (χ1) is 18.1. The third kappa shape index (κ3) is 3.30. The molecule has 0 spiro atoms. The van der Waals surface area contributed by atoms with Gasteiger partial charge >= 0.3 is 21.1 Å². The van der Waals surface area contributed by atoms with Crippen LogP contribution in [0.15, 0.2) is 48.8 Å². The number of aromatic nitrogens is 6. The smallest absolute Gasteiger partial charge is 0.573 e. The van der Waals surface area contributed by atoms with E-state index in [1.165, 1.54) is 48.2 Å². The standard InChI is InChI=1S/2C16H18N3.Pt/c2*1-15(2)10-7-8-16(15,3)14-12(10)13(18-19-14)11-6-4-5-9-17-11;/h2*4-6,9-10H,7-8H2,1-3H3;/q2*-1;+2. The first kappa shape index (κ1) is 26.6. The van der Waals surface area contributed by atoms with Gasteiger partial charge in [0.2, 0.25) is 0 Å². The predicted molar refractivity (Wildman–Crippen MR) is 148 cm³/mol. The van der Waals surface area contributed by atoms with Crippen LogP contribution in [0.5, 0.6) is 0 Å². The fourth-order valence-corrected chi connectivity index (χ4v) is 8.36. The zero-order chi connectivity index (χ0) is 26.5. The molecule has 0 amide bonds. The summed E-state index contributed by atoms with van der Waals surface area (Å²) < 4.78 is 0. The molecule has 4 aromatic rings. The molecule has 2 fully saturated rings. The topological polar surface area (TPSA) is 79.8 Å². The van der Waals surface area contributed by atoms with Crippen molar-refractivity contribution in [3.05, 3.63) is 71.3 Å². The molecule has 0 N–H and O–H groups in total. The number of pyridine rings is 2. The summed E-state index contributed by atoms with van der Waals surface area (Å²) in [5.74, 6) is 1.17. The van der Waals surface area contributed by atoms with Crippen molar-refractivity contribution in [1.29, 1.82) is 0 Å². The Morgan fingerprint density at radius 3 is 1.41 bits per heavy atom. The van der Waals surface area contributed by atoms with E-state index in [1.807, 2.05) is 48.8 Å². The zero-order valence-electron chi connectivity index (χ0n) is 23.6. The summed E-state index contributed by atoms with van der Waals surface area (Å²) in [7, 11) is 0. The van der Waals surface area contributed by atoms with Gasteiger partial charge in [0.25, 0.3) is 0 Å². The molecule has 4 unspecified atom stereocenters. The molecule has 2 saturated carbocycles. The molecular formula is C32H36N6Pt. The van der Waals surface area contributed by atoms with Crippen LogP contribution >= 0.6 is 0 Å². The normalized spacial score (nSPS) is 29.8. The van der Waals surface area contributed by atoms with Crippen LogP contribution in [0, 0.1) is 10.8 Å². The largest absolute Gasteiger partial charge is 2.00 e. The van der Waals surface area contributed by atoms with Gasteiger partial charge in [-0.25, -0.2) is 0 Å². The fraction of sp³-hybridized carbons (Fsp3) is 0.500. The maximum absolute atomic E-state index is 4.53. The van der Waals surface area contributed by atoms with Crippen molar-refractivity contribution in [3.63, 3.8) is 0 Å². The van der Waals surface area contributed by atoms with Gasteiger partial charge in [-0.2, -0.15) is 0 Å². The van der Waals surface area contributed by atoms with Crippen molar-refractivity contribution in [1.82, 2.24) is 30.4 Å². The summed E-state index contributed by atoms with van der Waals surface area (Å²) in [4.78, 5) is 8.90. The summed E-state index contributed by atoms with van der Waals surface area (Å²) in [6, 6.07) is 12.0. The van der Waals surface area contributed by atoms with Crippen LogP contribution in [0.1, 0.15) is 102 Å². The Hall–Kier alpha value is -2.59. The van der Waals surface area contributed by atoms with E-state index < -0.39 is 0 Å². The molecule has 0 aliphatic heterocycles. The van der Waals surface area contributed by atoms with Crippen molar-refractivity contribution in [2.45, 2.75) is 89.9 Å². The van der Waals surface area contributed by atoms with E-state index in [9.17, 15) is 0 Å². The van der Waals surface area contributed by atoms with E-state index in [-0.39, 0.29) is 42.7 Å². The zero-order valence-corrected chi connectivity index (χ0v) is 25.9. The van der Waals surface area contributed by atoms with Gasteiger partial charge in [0.1, 0.15) is 0 Å². The van der Waals surface area contributed by atoms with Crippen LogP contribution in [-0.2, 0) is 31.9 Å². The molecule has 4 aliphatic rings. The number of fused-ring (bicyclic) bond motifs is 10. The van der Waals surface area contributed by atoms with Crippen LogP contribution in [-0.4, -0.2) is 20.2 Å². The molecule has 4 atom stereocenters. The Morgan fingerprint density at radius 2 is 1.05 bits per heavy atom. The van der Waals surface area contributed by atoms with Gasteiger partial charge in [-0.05, 0) is 83.7 Å². The number of nitrogens with zero attached hydrogens (tertiary/aromatic N) is 6. The second kappa shape index (κ2) is 8.70. The van der Waals surface area contributed by atoms with E-state index in [4.69, 9.17) is 0 Å². The van der Waals surface area contributed by atoms with Gasteiger partial charge in [-0.1, -0.05) is 65.1 Å². The molecule has 39 heavy (non-hydrogen) atoms. The Labute approximate surface area is 245 Å². The Kier molecular flexibility index (Phi) is 5.94. The molecule has 7 heteroatoms. The molecule has 204 valence electrons. The SMILES string of the molecule is CC12CCC(c3c1n[n-]c3-c1ccccn1)C2(C)C.CC12CCC(c3c1n[n-]c3-c1ccccn1)C2(C)C.[Pt+2]. The molecule has 6 nitrogen and oxygen atoms in total. The minimum absolute atomic E-state index is 0. The van der Waals surface area contributed by atoms with Crippen LogP contribution in [0.2, 0.25) is 0 Å². The predicted octanol–water partition coefficient (Wildman–Crippen LogP) is 6.55. The average Bonchev–Trinajstić information content (AvgIpc) is 3.70. The van der Waals surface area contributed by atoms with Crippen molar-refractivity contribution in [2.75, 3.05) is 0 Å². The van der Waals surface area contributed by atoms with Crippen LogP contribution in [0.25, 0.3) is 22.8 Å². The molecule has 4 aliphatic carbocycles. The quantitative estimate of drug-likeness (QED) is 0.236. The van der Waals surface area contributed by atoms with Gasteiger partial charge in [0.15, 0.2) is 0 Å². The minimum Gasteiger partial charge on any atom is -0.573 e. The van der Waals surface area contributed by atoms with E-state index in [1.54, 1.807) is 0 Å². The van der Waals surface area contributed by atoms with E-state index in [0.717, 1.165) is 22.8 Å². The van der Waals surface area contributed by atoms with Gasteiger partial charge in [0, 0.05) is 46.0 Å². The summed E-state index contributed by atoms with van der Waals surface area (Å²) in [6.07, 6.45) is 8.64. The van der Waals surface area contributed by atoms with E-state index >= 15 is 0 Å². The van der Waals surface area contributed by atoms with Gasteiger partial charge in [-0.3, -0.25) is 9.97 Å². The fourth-order valence-electron chi connectivity index (χ4n) is 8.36. The van der Waals surface area contributed by atoms with Gasteiger partial charge < -0.3 is 20.4 Å². The maximum atomic E-state index is 4.53. The molecule has 4 aromatic heterocycles. The number of hydrogen-bond acceptors (Lipinski definition) is 4. The minimum atomic E-state index is 0. The van der Waals surface area contributed by atoms with Crippen molar-refractivity contribution in [2.24, 2.45) is 10.8 Å². The summed E-state index contributed by atoms with van der Waals surface area (Å²) in [5.41, 5.74) is 10.1. The first-order valence-electron chi connectivity index (χ1n) is 14.0. The van der Waals surface area contributed by atoms with Crippen molar-refractivity contribution < 1.29 is 21.1 Å². The Morgan fingerprint density at radius 1 is 0.641 bits per heavy atom. The molecule has 4 heterocycles.